The molecule has 1 aliphatic rings. The van der Waals surface area contributed by atoms with Crippen LogP contribution >= 0.6 is 0 Å². The third kappa shape index (κ3) is 5.46. The van der Waals surface area contributed by atoms with Gasteiger partial charge in [-0.05, 0) is 91.4 Å². The van der Waals surface area contributed by atoms with Gasteiger partial charge in [0.2, 0.25) is 5.91 Å². The van der Waals surface area contributed by atoms with Crippen molar-refractivity contribution in [3.05, 3.63) is 77.4 Å². The molecule has 1 heterocycles. The Hall–Kier alpha value is -3.27. The van der Waals surface area contributed by atoms with E-state index in [1.807, 2.05) is 26.8 Å². The number of anilines is 2. The third-order valence-electron chi connectivity index (χ3n) is 5.35. The first-order chi connectivity index (χ1) is 14.8. The van der Waals surface area contributed by atoms with E-state index in [2.05, 4.69) is 54.8 Å². The zero-order valence-electron chi connectivity index (χ0n) is 19.0. The Morgan fingerprint density at radius 1 is 1.00 bits per heavy atom. The first-order valence-corrected chi connectivity index (χ1v) is 10.9. The molecule has 4 heteroatoms. The summed E-state index contributed by atoms with van der Waals surface area (Å²) in [7, 11) is 0. The molecule has 0 radical (unpaired) electrons. The molecule has 0 aliphatic carbocycles. The number of aryl methyl sites for hydroxylation is 1. The summed E-state index contributed by atoms with van der Waals surface area (Å²) < 4.78 is 0. The third-order valence-corrected chi connectivity index (χ3v) is 5.35. The molecule has 0 unspecified atom stereocenters. The molecule has 0 aromatic heterocycles. The van der Waals surface area contributed by atoms with Gasteiger partial charge in [0.15, 0.2) is 0 Å². The fourth-order valence-electron chi connectivity index (χ4n) is 3.90. The fourth-order valence-corrected chi connectivity index (χ4v) is 3.90. The van der Waals surface area contributed by atoms with Crippen LogP contribution in [0.2, 0.25) is 0 Å². The lowest BCUT2D eigenvalue weighted by molar-refractivity contribution is -0.115. The number of carbonyl (C=O) groups excluding carboxylic acids is 1. The Balaban J connectivity index is 0.00000132. The smallest absolute Gasteiger partial charge is 0.228 e. The van der Waals surface area contributed by atoms with Crippen LogP contribution in [0.1, 0.15) is 44.4 Å². The summed E-state index contributed by atoms with van der Waals surface area (Å²) in [6, 6.07) is 19.4. The maximum absolute atomic E-state index is 12.4. The lowest BCUT2D eigenvalue weighted by Gasteiger charge is -2.17. The van der Waals surface area contributed by atoms with Crippen LogP contribution in [0, 0.1) is 6.92 Å². The number of phenolic OH excluding ortho intramolecular Hbond substituents is 1. The first kappa shape index (κ1) is 22.4. The highest BCUT2D eigenvalue weighted by atomic mass is 16.3. The second-order valence-corrected chi connectivity index (χ2v) is 8.48. The highest BCUT2D eigenvalue weighted by Gasteiger charge is 2.27. The van der Waals surface area contributed by atoms with E-state index in [1.165, 1.54) is 16.8 Å². The Kier molecular flexibility index (Phi) is 6.69. The largest absolute Gasteiger partial charge is 0.508 e. The molecule has 0 atom stereocenters. The summed E-state index contributed by atoms with van der Waals surface area (Å²) in [6.45, 7) is 10.4. The van der Waals surface area contributed by atoms with Gasteiger partial charge in [-0.3, -0.25) is 4.79 Å². The first-order valence-electron chi connectivity index (χ1n) is 10.9. The highest BCUT2D eigenvalue weighted by molar-refractivity contribution is 5.93. The minimum absolute atomic E-state index is 0.0719. The van der Waals surface area contributed by atoms with Gasteiger partial charge < -0.3 is 15.7 Å². The molecule has 4 rings (SSSR count). The van der Waals surface area contributed by atoms with E-state index in [0.29, 0.717) is 0 Å². The van der Waals surface area contributed by atoms with Crippen molar-refractivity contribution in [2.45, 2.75) is 53.0 Å². The van der Waals surface area contributed by atoms with Crippen molar-refractivity contribution in [2.24, 2.45) is 0 Å². The molecular weight excluding hydrogens is 384 g/mol. The van der Waals surface area contributed by atoms with Gasteiger partial charge in [0.1, 0.15) is 5.75 Å². The van der Waals surface area contributed by atoms with E-state index in [1.54, 1.807) is 24.3 Å². The van der Waals surface area contributed by atoms with Crippen molar-refractivity contribution in [1.82, 2.24) is 0 Å². The molecule has 3 N–H and O–H groups in total. The summed E-state index contributed by atoms with van der Waals surface area (Å²) in [5.41, 5.74) is 7.71. The van der Waals surface area contributed by atoms with Crippen LogP contribution < -0.4 is 10.6 Å². The zero-order valence-corrected chi connectivity index (χ0v) is 19.0. The number of carbonyl (C=O) groups is 1. The molecular formula is C27H32N2O2. The van der Waals surface area contributed by atoms with E-state index in [9.17, 15) is 9.90 Å². The summed E-state index contributed by atoms with van der Waals surface area (Å²) in [5, 5.41) is 15.9. The Morgan fingerprint density at radius 3 is 2.32 bits per heavy atom. The van der Waals surface area contributed by atoms with Crippen molar-refractivity contribution < 1.29 is 9.90 Å². The van der Waals surface area contributed by atoms with Gasteiger partial charge in [0.25, 0.3) is 0 Å². The van der Waals surface area contributed by atoms with Crippen molar-refractivity contribution in [2.75, 3.05) is 10.6 Å². The van der Waals surface area contributed by atoms with E-state index in [-0.39, 0.29) is 23.6 Å². The number of aromatic hydroxyl groups is 1. The molecule has 0 spiro atoms. The van der Waals surface area contributed by atoms with Gasteiger partial charge >= 0.3 is 0 Å². The minimum atomic E-state index is -0.0719. The van der Waals surface area contributed by atoms with Crippen LogP contribution in [0.4, 0.5) is 11.4 Å². The SMILES string of the molecule is CC.Cc1cc(-c2ccc3c(c2)CC(C)(C)N3)ccc1NC(=O)Cc1ccc(O)cc1. The number of fused-ring (bicyclic) bond motifs is 1. The topological polar surface area (TPSA) is 61.4 Å². The molecule has 4 nitrogen and oxygen atoms in total. The molecule has 3 aromatic carbocycles. The average Bonchev–Trinajstić information content (AvgIpc) is 3.05. The molecule has 0 saturated heterocycles. The maximum atomic E-state index is 12.4. The van der Waals surface area contributed by atoms with Crippen molar-refractivity contribution >= 4 is 17.3 Å². The monoisotopic (exact) mass is 416 g/mol. The maximum Gasteiger partial charge on any atom is 0.228 e. The number of nitrogens with one attached hydrogen (secondary N) is 2. The average molecular weight is 417 g/mol. The number of benzene rings is 3. The molecule has 1 amide bonds. The van der Waals surface area contributed by atoms with Gasteiger partial charge in [-0.1, -0.05) is 38.1 Å². The standard InChI is InChI=1S/C25H26N2O2.C2H6/c1-16-12-18(19-7-11-23-20(14-19)15-25(2,3)27-23)6-10-22(16)26-24(29)13-17-4-8-21(28)9-5-17;1-2/h4-12,14,27-28H,13,15H2,1-3H3,(H,26,29);1-2H3. The second-order valence-electron chi connectivity index (χ2n) is 8.48. The van der Waals surface area contributed by atoms with Crippen LogP contribution in [0.3, 0.4) is 0 Å². The van der Waals surface area contributed by atoms with E-state index in [0.717, 1.165) is 28.8 Å². The minimum Gasteiger partial charge on any atom is -0.508 e. The second kappa shape index (κ2) is 9.25. The quantitative estimate of drug-likeness (QED) is 0.466. The molecule has 162 valence electrons. The van der Waals surface area contributed by atoms with Crippen LogP contribution in [0.25, 0.3) is 11.1 Å². The molecule has 0 saturated carbocycles. The molecule has 3 aromatic rings. The van der Waals surface area contributed by atoms with E-state index >= 15 is 0 Å². The summed E-state index contributed by atoms with van der Waals surface area (Å²) in [6.07, 6.45) is 1.29. The van der Waals surface area contributed by atoms with Gasteiger partial charge in [0.05, 0.1) is 6.42 Å². The van der Waals surface area contributed by atoms with Crippen LogP contribution in [0.15, 0.2) is 60.7 Å². The fraction of sp³-hybridized carbons (Fsp3) is 0.296. The van der Waals surface area contributed by atoms with Gasteiger partial charge in [0, 0.05) is 16.9 Å². The number of hydrogen-bond donors (Lipinski definition) is 3. The van der Waals surface area contributed by atoms with Crippen LogP contribution in [-0.4, -0.2) is 16.6 Å². The lowest BCUT2D eigenvalue weighted by atomic mass is 9.96. The van der Waals surface area contributed by atoms with Gasteiger partial charge in [-0.2, -0.15) is 0 Å². The van der Waals surface area contributed by atoms with Gasteiger partial charge in [-0.25, -0.2) is 0 Å². The molecule has 1 aliphatic heterocycles. The lowest BCUT2D eigenvalue weighted by Crippen LogP contribution is -2.26. The summed E-state index contributed by atoms with van der Waals surface area (Å²) in [4.78, 5) is 12.4. The number of amides is 1. The Morgan fingerprint density at radius 2 is 1.65 bits per heavy atom. The number of phenols is 1. The molecule has 31 heavy (non-hydrogen) atoms. The predicted molar refractivity (Wildman–Crippen MR) is 130 cm³/mol. The van der Waals surface area contributed by atoms with Crippen LogP contribution in [-0.2, 0) is 17.6 Å². The number of rotatable bonds is 4. The Bertz CT molecular complexity index is 1070. The molecule has 0 fully saturated rings. The molecule has 0 bridgehead atoms. The summed E-state index contributed by atoms with van der Waals surface area (Å²) >= 11 is 0. The normalized spacial score (nSPS) is 13.5. The van der Waals surface area contributed by atoms with Crippen molar-refractivity contribution in [3.63, 3.8) is 0 Å². The van der Waals surface area contributed by atoms with Crippen molar-refractivity contribution in [3.8, 4) is 16.9 Å². The van der Waals surface area contributed by atoms with E-state index < -0.39 is 0 Å². The van der Waals surface area contributed by atoms with Crippen molar-refractivity contribution in [1.29, 1.82) is 0 Å². The van der Waals surface area contributed by atoms with Crippen LogP contribution in [0.5, 0.6) is 5.75 Å². The predicted octanol–water partition coefficient (Wildman–Crippen LogP) is 6.32. The zero-order chi connectivity index (χ0) is 22.6. The Labute approximate surface area is 185 Å². The highest BCUT2D eigenvalue weighted by Crippen LogP contribution is 2.35. The summed E-state index contributed by atoms with van der Waals surface area (Å²) in [5.74, 6) is 0.129. The van der Waals surface area contributed by atoms with E-state index in [4.69, 9.17) is 0 Å². The van der Waals surface area contributed by atoms with Gasteiger partial charge in [-0.15, -0.1) is 0 Å². The number of hydrogen-bond acceptors (Lipinski definition) is 3.